The molecule has 0 aliphatic carbocycles. The maximum absolute atomic E-state index is 12.6. The Morgan fingerprint density at radius 2 is 1.96 bits per heavy atom. The van der Waals surface area contributed by atoms with Gasteiger partial charge in [0.15, 0.2) is 0 Å². The van der Waals surface area contributed by atoms with Crippen molar-refractivity contribution in [2.75, 3.05) is 31.5 Å². The van der Waals surface area contributed by atoms with E-state index in [0.29, 0.717) is 6.04 Å². The Morgan fingerprint density at radius 3 is 2.65 bits per heavy atom. The van der Waals surface area contributed by atoms with Gasteiger partial charge in [-0.2, -0.15) is 0 Å². The van der Waals surface area contributed by atoms with E-state index < -0.39 is 0 Å². The molecular weight excluding hydrogens is 286 g/mol. The van der Waals surface area contributed by atoms with Crippen LogP contribution >= 0.6 is 0 Å². The number of carbonyl (C=O) groups is 1. The molecule has 2 aliphatic heterocycles. The molecule has 0 radical (unpaired) electrons. The zero-order valence-corrected chi connectivity index (χ0v) is 14.6. The Hall–Kier alpha value is -1.39. The fraction of sp³-hybridized carbons (Fsp3) is 0.632. The lowest BCUT2D eigenvalue weighted by atomic mass is 10.1. The second-order valence-electron chi connectivity index (χ2n) is 7.16. The molecule has 0 bridgehead atoms. The minimum atomic E-state index is -0.0664. The van der Waals surface area contributed by atoms with Gasteiger partial charge in [0.25, 0.3) is 0 Å². The average Bonchev–Trinajstić information content (AvgIpc) is 3.19. The van der Waals surface area contributed by atoms with Crippen LogP contribution in [0.2, 0.25) is 0 Å². The van der Waals surface area contributed by atoms with E-state index in [1.54, 1.807) is 0 Å². The van der Waals surface area contributed by atoms with E-state index in [1.807, 2.05) is 26.0 Å². The first-order chi connectivity index (χ1) is 11.0. The smallest absolute Gasteiger partial charge is 0.241 e. The molecular formula is C19H29N3O. The minimum Gasteiger partial charge on any atom is -0.324 e. The van der Waals surface area contributed by atoms with Crippen LogP contribution < -0.4 is 5.32 Å². The first-order valence-electron chi connectivity index (χ1n) is 8.91. The summed E-state index contributed by atoms with van der Waals surface area (Å²) in [4.78, 5) is 17.5. The molecule has 1 aromatic rings. The highest BCUT2D eigenvalue weighted by Gasteiger charge is 2.33. The maximum atomic E-state index is 12.6. The maximum Gasteiger partial charge on any atom is 0.241 e. The monoisotopic (exact) mass is 315 g/mol. The summed E-state index contributed by atoms with van der Waals surface area (Å²) in [5.41, 5.74) is 3.28. The quantitative estimate of drug-likeness (QED) is 0.928. The van der Waals surface area contributed by atoms with Crippen LogP contribution in [0.5, 0.6) is 0 Å². The summed E-state index contributed by atoms with van der Waals surface area (Å²) >= 11 is 0. The van der Waals surface area contributed by atoms with Gasteiger partial charge in [-0.1, -0.05) is 17.7 Å². The van der Waals surface area contributed by atoms with Crippen molar-refractivity contribution < 1.29 is 4.79 Å². The molecule has 1 N–H and O–H groups in total. The van der Waals surface area contributed by atoms with Crippen LogP contribution in [0.3, 0.4) is 0 Å². The summed E-state index contributed by atoms with van der Waals surface area (Å²) in [5.74, 6) is 0.110. The van der Waals surface area contributed by atoms with Crippen molar-refractivity contribution in [2.45, 2.75) is 52.1 Å². The van der Waals surface area contributed by atoms with Crippen molar-refractivity contribution in [3.63, 3.8) is 0 Å². The Morgan fingerprint density at radius 1 is 1.22 bits per heavy atom. The van der Waals surface area contributed by atoms with Crippen LogP contribution in [0.1, 0.15) is 37.3 Å². The topological polar surface area (TPSA) is 35.6 Å². The van der Waals surface area contributed by atoms with Crippen LogP contribution in [0, 0.1) is 13.8 Å². The van der Waals surface area contributed by atoms with Crippen LogP contribution in [-0.4, -0.2) is 54.0 Å². The summed E-state index contributed by atoms with van der Waals surface area (Å²) in [6.45, 7) is 10.7. The standard InChI is InChI=1S/C19H29N3O/c1-14-6-7-18(15(2)12-14)20-19(23)16(3)22-11-8-17(13-22)21-9-4-5-10-21/h6-7,12,16-17H,4-5,8-11,13H2,1-3H3,(H,20,23)/t16-,17-/m0/s1. The predicted molar refractivity (Wildman–Crippen MR) is 94.8 cm³/mol. The van der Waals surface area contributed by atoms with Gasteiger partial charge in [-0.05, 0) is 64.8 Å². The Balaban J connectivity index is 1.57. The number of aryl methyl sites for hydroxylation is 2. The molecule has 4 heteroatoms. The normalized spacial score (nSPS) is 24.0. The van der Waals surface area contributed by atoms with E-state index in [-0.39, 0.29) is 11.9 Å². The summed E-state index contributed by atoms with van der Waals surface area (Å²) in [5, 5.41) is 3.10. The zero-order valence-electron chi connectivity index (χ0n) is 14.6. The lowest BCUT2D eigenvalue weighted by Gasteiger charge is -2.26. The molecule has 0 saturated carbocycles. The lowest BCUT2D eigenvalue weighted by molar-refractivity contribution is -0.120. The van der Waals surface area contributed by atoms with Gasteiger partial charge >= 0.3 is 0 Å². The number of likely N-dealkylation sites (tertiary alicyclic amines) is 2. The molecule has 1 amide bonds. The number of nitrogens with one attached hydrogen (secondary N) is 1. The van der Waals surface area contributed by atoms with Gasteiger partial charge in [0, 0.05) is 24.8 Å². The van der Waals surface area contributed by atoms with Gasteiger partial charge in [-0.15, -0.1) is 0 Å². The number of hydrogen-bond acceptors (Lipinski definition) is 3. The van der Waals surface area contributed by atoms with Crippen LogP contribution in [0.15, 0.2) is 18.2 Å². The Bertz CT molecular complexity index is 566. The van der Waals surface area contributed by atoms with Crippen molar-refractivity contribution in [1.29, 1.82) is 0 Å². The number of benzene rings is 1. The summed E-state index contributed by atoms with van der Waals surface area (Å²) in [6, 6.07) is 6.75. The molecule has 4 nitrogen and oxygen atoms in total. The van der Waals surface area contributed by atoms with Gasteiger partial charge < -0.3 is 5.32 Å². The molecule has 1 aromatic carbocycles. The second-order valence-corrected chi connectivity index (χ2v) is 7.16. The molecule has 2 aliphatic rings. The molecule has 2 heterocycles. The van der Waals surface area contributed by atoms with Gasteiger partial charge in [0.1, 0.15) is 0 Å². The summed E-state index contributed by atoms with van der Waals surface area (Å²) in [7, 11) is 0. The molecule has 126 valence electrons. The number of rotatable bonds is 4. The van der Waals surface area contributed by atoms with E-state index in [4.69, 9.17) is 0 Å². The molecule has 3 rings (SSSR count). The largest absolute Gasteiger partial charge is 0.324 e. The molecule has 2 fully saturated rings. The number of nitrogens with zero attached hydrogens (tertiary/aromatic N) is 2. The minimum absolute atomic E-state index is 0.0664. The predicted octanol–water partition coefficient (Wildman–Crippen LogP) is 2.80. The molecule has 23 heavy (non-hydrogen) atoms. The third kappa shape index (κ3) is 3.75. The third-order valence-electron chi connectivity index (χ3n) is 5.42. The van der Waals surface area contributed by atoms with E-state index in [2.05, 4.69) is 28.1 Å². The van der Waals surface area contributed by atoms with E-state index in [9.17, 15) is 4.79 Å². The van der Waals surface area contributed by atoms with Crippen molar-refractivity contribution in [3.05, 3.63) is 29.3 Å². The van der Waals surface area contributed by atoms with Gasteiger partial charge in [-0.25, -0.2) is 0 Å². The zero-order chi connectivity index (χ0) is 16.4. The second kappa shape index (κ2) is 7.02. The first kappa shape index (κ1) is 16.5. The summed E-state index contributed by atoms with van der Waals surface area (Å²) < 4.78 is 0. The van der Waals surface area contributed by atoms with Crippen molar-refractivity contribution in [3.8, 4) is 0 Å². The fourth-order valence-corrected chi connectivity index (χ4v) is 3.88. The van der Waals surface area contributed by atoms with E-state index in [1.165, 1.54) is 37.9 Å². The van der Waals surface area contributed by atoms with E-state index >= 15 is 0 Å². The van der Waals surface area contributed by atoms with Crippen molar-refractivity contribution in [1.82, 2.24) is 9.80 Å². The number of amides is 1. The molecule has 0 unspecified atom stereocenters. The number of hydrogen-bond donors (Lipinski definition) is 1. The van der Waals surface area contributed by atoms with Gasteiger partial charge in [0.05, 0.1) is 6.04 Å². The van der Waals surface area contributed by atoms with Crippen molar-refractivity contribution in [2.24, 2.45) is 0 Å². The number of carbonyl (C=O) groups excluding carboxylic acids is 1. The van der Waals surface area contributed by atoms with Crippen LogP contribution in [0.4, 0.5) is 5.69 Å². The molecule has 0 aromatic heterocycles. The van der Waals surface area contributed by atoms with Crippen LogP contribution in [0.25, 0.3) is 0 Å². The molecule has 2 atom stereocenters. The SMILES string of the molecule is Cc1ccc(NC(=O)[C@H](C)N2CC[C@H](N3CCCC3)C2)c(C)c1. The Kier molecular flexibility index (Phi) is 5.02. The molecule has 2 saturated heterocycles. The molecule has 0 spiro atoms. The average molecular weight is 315 g/mol. The number of anilines is 1. The van der Waals surface area contributed by atoms with E-state index in [0.717, 1.165) is 24.3 Å². The lowest BCUT2D eigenvalue weighted by Crippen LogP contribution is -2.43. The highest BCUT2D eigenvalue weighted by Crippen LogP contribution is 2.23. The Labute approximate surface area is 139 Å². The highest BCUT2D eigenvalue weighted by atomic mass is 16.2. The van der Waals surface area contributed by atoms with Gasteiger partial charge in [-0.3, -0.25) is 14.6 Å². The van der Waals surface area contributed by atoms with Crippen LogP contribution in [-0.2, 0) is 4.79 Å². The highest BCUT2D eigenvalue weighted by molar-refractivity contribution is 5.95. The van der Waals surface area contributed by atoms with Gasteiger partial charge in [0.2, 0.25) is 5.91 Å². The summed E-state index contributed by atoms with van der Waals surface area (Å²) in [6.07, 6.45) is 3.86. The van der Waals surface area contributed by atoms with Crippen molar-refractivity contribution >= 4 is 11.6 Å². The third-order valence-corrected chi connectivity index (χ3v) is 5.42. The first-order valence-corrected chi connectivity index (χ1v) is 8.91. The fourth-order valence-electron chi connectivity index (χ4n) is 3.88.